The van der Waals surface area contributed by atoms with E-state index in [4.69, 9.17) is 14.2 Å². The zero-order chi connectivity index (χ0) is 23.4. The van der Waals surface area contributed by atoms with Crippen molar-refractivity contribution in [3.63, 3.8) is 0 Å². The van der Waals surface area contributed by atoms with Crippen molar-refractivity contribution in [2.75, 3.05) is 6.61 Å². The number of carbonyl (C=O) groups is 1. The van der Waals surface area contributed by atoms with Crippen LogP contribution >= 0.6 is 45.2 Å². The third kappa shape index (κ3) is 5.55. The summed E-state index contributed by atoms with van der Waals surface area (Å²) in [7, 11) is 0. The molecule has 1 aliphatic rings. The average Bonchev–Trinajstić information content (AvgIpc) is 3.14. The zero-order valence-electron chi connectivity index (χ0n) is 17.5. The van der Waals surface area contributed by atoms with E-state index < -0.39 is 11.8 Å². The molecule has 0 spiro atoms. The molecule has 0 aliphatic carbocycles. The number of hydrogen-bond donors (Lipinski definition) is 0. The van der Waals surface area contributed by atoms with Crippen molar-refractivity contribution < 1.29 is 23.4 Å². The molecule has 1 heterocycles. The van der Waals surface area contributed by atoms with Crippen LogP contribution in [0.5, 0.6) is 11.5 Å². The molecular weight excluding hydrogens is 651 g/mol. The Hall–Kier alpha value is -2.47. The molecule has 8 heteroatoms. The van der Waals surface area contributed by atoms with Crippen molar-refractivity contribution in [3.8, 4) is 11.5 Å². The highest BCUT2D eigenvalue weighted by Gasteiger charge is 2.26. The Labute approximate surface area is 217 Å². The van der Waals surface area contributed by atoms with Gasteiger partial charge >= 0.3 is 5.97 Å². The van der Waals surface area contributed by atoms with Crippen molar-refractivity contribution >= 4 is 63.1 Å². The molecule has 0 saturated carbocycles. The van der Waals surface area contributed by atoms with Crippen LogP contribution in [0.1, 0.15) is 23.6 Å². The minimum atomic E-state index is -0.639. The number of nitrogens with zero attached hydrogens (tertiary/aromatic N) is 1. The quantitative estimate of drug-likeness (QED) is 0.167. The minimum absolute atomic E-state index is 0.0542. The van der Waals surface area contributed by atoms with E-state index in [1.165, 1.54) is 12.1 Å². The SMILES string of the molecule is CCOc1cc(/C=C2\N=C(c3ccccc3F)OC2=O)cc(I)c1OCc1ccccc1I. The molecule has 168 valence electrons. The number of hydrogen-bond acceptors (Lipinski definition) is 5. The predicted octanol–water partition coefficient (Wildman–Crippen LogP) is 6.36. The second-order valence-electron chi connectivity index (χ2n) is 6.96. The summed E-state index contributed by atoms with van der Waals surface area (Å²) < 4.78 is 33.1. The van der Waals surface area contributed by atoms with E-state index in [0.717, 1.165) is 12.7 Å². The Balaban J connectivity index is 1.63. The average molecular weight is 669 g/mol. The summed E-state index contributed by atoms with van der Waals surface area (Å²) in [6.45, 7) is 2.74. The summed E-state index contributed by atoms with van der Waals surface area (Å²) in [5, 5.41) is 0. The lowest BCUT2D eigenvalue weighted by molar-refractivity contribution is -0.129. The first kappa shape index (κ1) is 23.7. The maximum Gasteiger partial charge on any atom is 0.363 e. The monoisotopic (exact) mass is 669 g/mol. The van der Waals surface area contributed by atoms with Gasteiger partial charge in [-0.05, 0) is 94.1 Å². The van der Waals surface area contributed by atoms with E-state index in [9.17, 15) is 9.18 Å². The molecule has 0 fully saturated rings. The maximum atomic E-state index is 14.1. The van der Waals surface area contributed by atoms with Crippen LogP contribution in [-0.2, 0) is 16.1 Å². The number of carbonyl (C=O) groups excluding carboxylic acids is 1. The zero-order valence-corrected chi connectivity index (χ0v) is 21.8. The first-order valence-corrected chi connectivity index (χ1v) is 12.2. The minimum Gasteiger partial charge on any atom is -0.490 e. The summed E-state index contributed by atoms with van der Waals surface area (Å²) in [5.41, 5.74) is 1.98. The fourth-order valence-corrected chi connectivity index (χ4v) is 4.48. The van der Waals surface area contributed by atoms with Gasteiger partial charge in [-0.15, -0.1) is 0 Å². The number of esters is 1. The van der Waals surface area contributed by atoms with E-state index in [1.54, 1.807) is 24.3 Å². The van der Waals surface area contributed by atoms with Gasteiger partial charge in [0, 0.05) is 9.13 Å². The van der Waals surface area contributed by atoms with Crippen LogP contribution in [0.3, 0.4) is 0 Å². The number of rotatable bonds is 7. The van der Waals surface area contributed by atoms with Gasteiger partial charge in [-0.25, -0.2) is 14.2 Å². The Kier molecular flexibility index (Phi) is 7.63. The molecule has 3 aromatic rings. The van der Waals surface area contributed by atoms with Crippen LogP contribution in [0.2, 0.25) is 0 Å². The number of aliphatic imine (C=N–C) groups is 1. The molecule has 0 amide bonds. The normalized spacial score (nSPS) is 14.2. The van der Waals surface area contributed by atoms with E-state index in [1.807, 2.05) is 37.3 Å². The Morgan fingerprint density at radius 2 is 1.79 bits per heavy atom. The molecule has 0 atom stereocenters. The Morgan fingerprint density at radius 3 is 2.55 bits per heavy atom. The summed E-state index contributed by atoms with van der Waals surface area (Å²) >= 11 is 4.45. The molecule has 0 saturated heterocycles. The Morgan fingerprint density at radius 1 is 1.03 bits per heavy atom. The lowest BCUT2D eigenvalue weighted by atomic mass is 10.1. The lowest BCUT2D eigenvalue weighted by Gasteiger charge is -2.15. The molecule has 0 unspecified atom stereocenters. The summed E-state index contributed by atoms with van der Waals surface area (Å²) in [6, 6.07) is 17.7. The van der Waals surface area contributed by atoms with Crippen molar-refractivity contribution in [1.29, 1.82) is 0 Å². The Bertz CT molecular complexity index is 1270. The fraction of sp³-hybridized carbons (Fsp3) is 0.120. The van der Waals surface area contributed by atoms with Gasteiger partial charge in [0.25, 0.3) is 0 Å². The van der Waals surface area contributed by atoms with E-state index >= 15 is 0 Å². The maximum absolute atomic E-state index is 14.1. The highest BCUT2D eigenvalue weighted by molar-refractivity contribution is 14.1. The molecule has 4 rings (SSSR count). The second kappa shape index (κ2) is 10.6. The second-order valence-corrected chi connectivity index (χ2v) is 9.28. The topological polar surface area (TPSA) is 57.1 Å². The van der Waals surface area contributed by atoms with E-state index in [0.29, 0.717) is 30.3 Å². The van der Waals surface area contributed by atoms with Gasteiger partial charge < -0.3 is 14.2 Å². The van der Waals surface area contributed by atoms with Crippen molar-refractivity contribution in [1.82, 2.24) is 0 Å². The van der Waals surface area contributed by atoms with E-state index in [2.05, 4.69) is 50.2 Å². The highest BCUT2D eigenvalue weighted by Crippen LogP contribution is 2.36. The van der Waals surface area contributed by atoms with Gasteiger partial charge in [-0.2, -0.15) is 0 Å². The first-order chi connectivity index (χ1) is 16.0. The molecular formula is C25H18FI2NO4. The molecule has 0 N–H and O–H groups in total. The smallest absolute Gasteiger partial charge is 0.363 e. The highest BCUT2D eigenvalue weighted by atomic mass is 127. The van der Waals surface area contributed by atoms with Gasteiger partial charge in [0.05, 0.1) is 15.7 Å². The van der Waals surface area contributed by atoms with Crippen LogP contribution in [-0.4, -0.2) is 18.5 Å². The van der Waals surface area contributed by atoms with Gasteiger partial charge in [0.1, 0.15) is 12.4 Å². The molecule has 33 heavy (non-hydrogen) atoms. The number of halogens is 3. The number of ether oxygens (including phenoxy) is 3. The molecule has 5 nitrogen and oxygen atoms in total. The molecule has 0 bridgehead atoms. The largest absolute Gasteiger partial charge is 0.490 e. The van der Waals surface area contributed by atoms with Crippen LogP contribution in [0.15, 0.2) is 71.4 Å². The molecule has 0 aromatic heterocycles. The number of benzene rings is 3. The predicted molar refractivity (Wildman–Crippen MR) is 141 cm³/mol. The van der Waals surface area contributed by atoms with Crippen molar-refractivity contribution in [2.45, 2.75) is 13.5 Å². The molecule has 0 radical (unpaired) electrons. The summed E-state index contributed by atoms with van der Waals surface area (Å²) in [4.78, 5) is 16.5. The third-order valence-electron chi connectivity index (χ3n) is 4.69. The van der Waals surface area contributed by atoms with Crippen LogP contribution in [0.4, 0.5) is 4.39 Å². The van der Waals surface area contributed by atoms with Gasteiger partial charge in [0.2, 0.25) is 5.90 Å². The molecule has 1 aliphatic heterocycles. The summed E-state index contributed by atoms with van der Waals surface area (Å²) in [6.07, 6.45) is 1.59. The van der Waals surface area contributed by atoms with Crippen molar-refractivity contribution in [3.05, 3.63) is 96.0 Å². The first-order valence-electron chi connectivity index (χ1n) is 10.1. The fourth-order valence-electron chi connectivity index (χ4n) is 3.16. The van der Waals surface area contributed by atoms with Gasteiger partial charge in [-0.1, -0.05) is 30.3 Å². The third-order valence-corrected chi connectivity index (χ3v) is 6.54. The van der Waals surface area contributed by atoms with Crippen LogP contribution < -0.4 is 9.47 Å². The van der Waals surface area contributed by atoms with E-state index in [-0.39, 0.29) is 17.2 Å². The summed E-state index contributed by atoms with van der Waals surface area (Å²) in [5.74, 6) is -0.00888. The standard InChI is InChI=1S/C25H18FI2NO4/c1-2-31-22-13-15(11-20(28)23(22)32-14-16-7-3-6-10-19(16)27)12-21-25(30)33-24(29-21)17-8-4-5-9-18(17)26/h3-13H,2,14H2,1H3/b21-12-. The van der Waals surface area contributed by atoms with Crippen molar-refractivity contribution in [2.24, 2.45) is 4.99 Å². The number of cyclic esters (lactones) is 1. The lowest BCUT2D eigenvalue weighted by Crippen LogP contribution is -2.07. The molecule has 3 aromatic carbocycles. The van der Waals surface area contributed by atoms with Crippen LogP contribution in [0.25, 0.3) is 6.08 Å². The van der Waals surface area contributed by atoms with Crippen LogP contribution in [0, 0.1) is 13.0 Å². The van der Waals surface area contributed by atoms with Gasteiger partial charge in [0.15, 0.2) is 17.2 Å². The van der Waals surface area contributed by atoms with Gasteiger partial charge in [-0.3, -0.25) is 0 Å².